The van der Waals surface area contributed by atoms with Crippen LogP contribution in [0, 0.1) is 0 Å². The van der Waals surface area contributed by atoms with Gasteiger partial charge in [-0.05, 0) is 40.9 Å². The van der Waals surface area contributed by atoms with Crippen LogP contribution in [0.1, 0.15) is 38.5 Å². The standard InChI is InChI=1S/C13H18BrN3O/c14-10-5-4-8-16-12(10)17-11(18)9-13(15)6-2-1-3-7-13/h4-5,8H,1-3,6-7,9,15H2,(H,16,17,18). The van der Waals surface area contributed by atoms with E-state index in [4.69, 9.17) is 5.73 Å². The van der Waals surface area contributed by atoms with E-state index in [1.807, 2.05) is 12.1 Å². The van der Waals surface area contributed by atoms with Crippen LogP contribution in [0.2, 0.25) is 0 Å². The molecule has 3 N–H and O–H groups in total. The molecule has 1 saturated carbocycles. The minimum Gasteiger partial charge on any atom is -0.325 e. The summed E-state index contributed by atoms with van der Waals surface area (Å²) in [6.07, 6.45) is 7.36. The van der Waals surface area contributed by atoms with Gasteiger partial charge in [0.15, 0.2) is 0 Å². The van der Waals surface area contributed by atoms with Crippen molar-refractivity contribution in [2.45, 2.75) is 44.1 Å². The summed E-state index contributed by atoms with van der Waals surface area (Å²) in [5.74, 6) is 0.501. The summed E-state index contributed by atoms with van der Waals surface area (Å²) in [5, 5.41) is 2.81. The predicted octanol–water partition coefficient (Wildman–Crippen LogP) is 2.83. The minimum absolute atomic E-state index is 0.0567. The molecule has 0 saturated heterocycles. The van der Waals surface area contributed by atoms with E-state index in [-0.39, 0.29) is 11.4 Å². The number of nitrogens with zero attached hydrogens (tertiary/aromatic N) is 1. The monoisotopic (exact) mass is 311 g/mol. The van der Waals surface area contributed by atoms with Crippen LogP contribution in [-0.2, 0) is 4.79 Å². The normalized spacial score (nSPS) is 18.3. The molecule has 18 heavy (non-hydrogen) atoms. The van der Waals surface area contributed by atoms with Gasteiger partial charge in [-0.15, -0.1) is 0 Å². The van der Waals surface area contributed by atoms with Gasteiger partial charge in [-0.3, -0.25) is 4.79 Å². The van der Waals surface area contributed by atoms with Crippen molar-refractivity contribution in [1.29, 1.82) is 0 Å². The molecule has 1 fully saturated rings. The van der Waals surface area contributed by atoms with Gasteiger partial charge in [0, 0.05) is 18.2 Å². The Kier molecular flexibility index (Phi) is 4.35. The predicted molar refractivity (Wildman–Crippen MR) is 75.2 cm³/mol. The number of anilines is 1. The van der Waals surface area contributed by atoms with E-state index in [0.29, 0.717) is 12.2 Å². The fourth-order valence-corrected chi connectivity index (χ4v) is 2.76. The molecule has 4 nitrogen and oxygen atoms in total. The lowest BCUT2D eigenvalue weighted by Gasteiger charge is -2.32. The van der Waals surface area contributed by atoms with Crippen LogP contribution in [0.4, 0.5) is 5.82 Å². The quantitative estimate of drug-likeness (QED) is 0.902. The summed E-state index contributed by atoms with van der Waals surface area (Å²) in [7, 11) is 0. The molecule has 0 aromatic carbocycles. The molecule has 5 heteroatoms. The maximum absolute atomic E-state index is 12.0. The van der Waals surface area contributed by atoms with Crippen molar-refractivity contribution in [2.75, 3.05) is 5.32 Å². The van der Waals surface area contributed by atoms with Gasteiger partial charge < -0.3 is 11.1 Å². The molecule has 1 amide bonds. The highest BCUT2D eigenvalue weighted by molar-refractivity contribution is 9.10. The van der Waals surface area contributed by atoms with Crippen molar-refractivity contribution in [2.24, 2.45) is 5.73 Å². The maximum atomic E-state index is 12.0. The average molecular weight is 312 g/mol. The lowest BCUT2D eigenvalue weighted by molar-refractivity contribution is -0.117. The van der Waals surface area contributed by atoms with E-state index in [9.17, 15) is 4.79 Å². The first-order valence-electron chi connectivity index (χ1n) is 6.28. The molecule has 1 aliphatic rings. The number of carbonyl (C=O) groups excluding carboxylic acids is 1. The number of hydrogen-bond donors (Lipinski definition) is 2. The van der Waals surface area contributed by atoms with Crippen molar-refractivity contribution < 1.29 is 4.79 Å². The Labute approximate surface area is 115 Å². The Balaban J connectivity index is 1.94. The Hall–Kier alpha value is -0.940. The van der Waals surface area contributed by atoms with Crippen LogP contribution in [0.25, 0.3) is 0 Å². The zero-order valence-electron chi connectivity index (χ0n) is 10.3. The Morgan fingerprint density at radius 3 is 2.83 bits per heavy atom. The summed E-state index contributed by atoms with van der Waals surface area (Å²) >= 11 is 3.35. The second-order valence-corrected chi connectivity index (χ2v) is 5.84. The van der Waals surface area contributed by atoms with Gasteiger partial charge in [-0.25, -0.2) is 4.98 Å². The van der Waals surface area contributed by atoms with E-state index in [1.54, 1.807) is 6.20 Å². The zero-order valence-corrected chi connectivity index (χ0v) is 11.9. The number of aromatic nitrogens is 1. The highest BCUT2D eigenvalue weighted by atomic mass is 79.9. The molecule has 1 heterocycles. The van der Waals surface area contributed by atoms with Crippen molar-refractivity contribution in [1.82, 2.24) is 4.98 Å². The Morgan fingerprint density at radius 2 is 2.17 bits per heavy atom. The first kappa shape index (κ1) is 13.5. The maximum Gasteiger partial charge on any atom is 0.227 e. The number of rotatable bonds is 3. The lowest BCUT2D eigenvalue weighted by atomic mass is 9.80. The summed E-state index contributed by atoms with van der Waals surface area (Å²) < 4.78 is 0.785. The van der Waals surface area contributed by atoms with Crippen molar-refractivity contribution in [3.8, 4) is 0 Å². The highest BCUT2D eigenvalue weighted by Gasteiger charge is 2.30. The van der Waals surface area contributed by atoms with E-state index >= 15 is 0 Å². The summed E-state index contributed by atoms with van der Waals surface area (Å²) in [5.41, 5.74) is 5.93. The van der Waals surface area contributed by atoms with Crippen molar-refractivity contribution >= 4 is 27.7 Å². The van der Waals surface area contributed by atoms with Gasteiger partial charge >= 0.3 is 0 Å². The highest BCUT2D eigenvalue weighted by Crippen LogP contribution is 2.29. The Bertz CT molecular complexity index is 430. The Morgan fingerprint density at radius 1 is 1.44 bits per heavy atom. The summed E-state index contributed by atoms with van der Waals surface area (Å²) in [6, 6.07) is 3.66. The first-order chi connectivity index (χ1) is 8.59. The molecular weight excluding hydrogens is 294 g/mol. The molecule has 98 valence electrons. The smallest absolute Gasteiger partial charge is 0.227 e. The van der Waals surface area contributed by atoms with Crippen molar-refractivity contribution in [3.05, 3.63) is 22.8 Å². The van der Waals surface area contributed by atoms with Gasteiger partial charge in [-0.2, -0.15) is 0 Å². The molecule has 1 aromatic rings. The zero-order chi connectivity index (χ0) is 13.0. The van der Waals surface area contributed by atoms with Gasteiger partial charge in [-0.1, -0.05) is 19.3 Å². The topological polar surface area (TPSA) is 68.0 Å². The molecule has 0 bridgehead atoms. The van der Waals surface area contributed by atoms with Crippen LogP contribution < -0.4 is 11.1 Å². The number of hydrogen-bond acceptors (Lipinski definition) is 3. The number of nitrogens with one attached hydrogen (secondary N) is 1. The summed E-state index contributed by atoms with van der Waals surface area (Å²) in [6.45, 7) is 0. The molecule has 1 aromatic heterocycles. The third kappa shape index (κ3) is 3.53. The molecule has 0 radical (unpaired) electrons. The van der Waals surface area contributed by atoms with Crippen LogP contribution in [0.5, 0.6) is 0 Å². The van der Waals surface area contributed by atoms with Gasteiger partial charge in [0.2, 0.25) is 5.91 Å². The molecular formula is C13H18BrN3O. The lowest BCUT2D eigenvalue weighted by Crippen LogP contribution is -2.44. The summed E-state index contributed by atoms with van der Waals surface area (Å²) in [4.78, 5) is 16.1. The molecule has 0 aliphatic heterocycles. The molecule has 0 spiro atoms. The van der Waals surface area contributed by atoms with Crippen LogP contribution in [-0.4, -0.2) is 16.4 Å². The van der Waals surface area contributed by atoms with Gasteiger partial charge in [0.1, 0.15) is 5.82 Å². The second-order valence-electron chi connectivity index (χ2n) is 4.98. The number of pyridine rings is 1. The number of carbonyl (C=O) groups is 1. The number of amides is 1. The average Bonchev–Trinajstić information content (AvgIpc) is 2.32. The number of nitrogens with two attached hydrogens (primary N) is 1. The van der Waals surface area contributed by atoms with E-state index in [1.165, 1.54) is 6.42 Å². The molecule has 1 aliphatic carbocycles. The van der Waals surface area contributed by atoms with Crippen molar-refractivity contribution in [3.63, 3.8) is 0 Å². The van der Waals surface area contributed by atoms with Gasteiger partial charge in [0.05, 0.1) is 4.47 Å². The minimum atomic E-state index is -0.330. The van der Waals surface area contributed by atoms with Crippen LogP contribution in [0.3, 0.4) is 0 Å². The SMILES string of the molecule is NC1(CC(=O)Nc2ncccc2Br)CCCCC1. The van der Waals surface area contributed by atoms with Gasteiger partial charge in [0.25, 0.3) is 0 Å². The second kappa shape index (κ2) is 5.80. The first-order valence-corrected chi connectivity index (χ1v) is 7.08. The molecule has 0 unspecified atom stereocenters. The fourth-order valence-electron chi connectivity index (χ4n) is 2.41. The van der Waals surface area contributed by atoms with E-state index < -0.39 is 0 Å². The van der Waals surface area contributed by atoms with Crippen LogP contribution >= 0.6 is 15.9 Å². The molecule has 0 atom stereocenters. The third-order valence-corrected chi connectivity index (χ3v) is 4.02. The van der Waals surface area contributed by atoms with E-state index in [2.05, 4.69) is 26.2 Å². The third-order valence-electron chi connectivity index (χ3n) is 3.38. The fraction of sp³-hybridized carbons (Fsp3) is 0.538. The molecule has 2 rings (SSSR count). The number of halogens is 1. The van der Waals surface area contributed by atoms with E-state index in [0.717, 1.165) is 30.2 Å². The largest absolute Gasteiger partial charge is 0.325 e. The van der Waals surface area contributed by atoms with Crippen LogP contribution in [0.15, 0.2) is 22.8 Å².